The smallest absolute Gasteiger partial charge is 0.326 e. The van der Waals surface area contributed by atoms with Gasteiger partial charge in [-0.1, -0.05) is 19.1 Å². The summed E-state index contributed by atoms with van der Waals surface area (Å²) in [5.74, 6) is -1.13. The number of benzene rings is 1. The highest BCUT2D eigenvalue weighted by atomic mass is 32.2. The Labute approximate surface area is 110 Å². The van der Waals surface area contributed by atoms with E-state index in [1.165, 1.54) is 11.8 Å². The molecule has 0 heterocycles. The highest BCUT2D eigenvalue weighted by Gasteiger charge is 2.16. The van der Waals surface area contributed by atoms with Crippen LogP contribution in [0, 0.1) is 0 Å². The number of carboxylic acid groups (broad SMARTS) is 1. The van der Waals surface area contributed by atoms with Crippen LogP contribution in [0.5, 0.6) is 0 Å². The van der Waals surface area contributed by atoms with E-state index in [4.69, 9.17) is 10.8 Å². The molecule has 5 nitrogen and oxygen atoms in total. The number of hydrogen-bond acceptors (Lipinski definition) is 4. The minimum atomic E-state index is -0.896. The number of nitrogens with one attached hydrogen (secondary N) is 1. The molecule has 0 saturated heterocycles. The van der Waals surface area contributed by atoms with Crippen LogP contribution in [0.2, 0.25) is 0 Å². The molecule has 0 aliphatic heterocycles. The van der Waals surface area contributed by atoms with Crippen molar-refractivity contribution in [3.05, 3.63) is 24.3 Å². The van der Waals surface area contributed by atoms with Crippen LogP contribution in [-0.2, 0) is 9.59 Å². The molecule has 0 fully saturated rings. The highest BCUT2D eigenvalue weighted by molar-refractivity contribution is 8.00. The molecule has 0 aromatic heterocycles. The molecule has 0 spiro atoms. The lowest BCUT2D eigenvalue weighted by Gasteiger charge is -2.16. The molecule has 1 rings (SSSR count). The summed E-state index contributed by atoms with van der Waals surface area (Å²) in [5.41, 5.74) is 5.80. The molecule has 0 saturated carbocycles. The summed E-state index contributed by atoms with van der Waals surface area (Å²) in [5, 5.41) is 11.9. The van der Waals surface area contributed by atoms with E-state index in [-0.39, 0.29) is 5.75 Å². The molecule has 1 amide bonds. The van der Waals surface area contributed by atoms with Crippen molar-refractivity contribution in [1.29, 1.82) is 0 Å². The average Bonchev–Trinajstić information content (AvgIpc) is 2.34. The molecular formula is C12H16N2O3S. The summed E-state index contributed by atoms with van der Waals surface area (Å²) in [4.78, 5) is 22.5. The molecule has 0 bridgehead atoms. The number of rotatable bonds is 7. The number of para-hydroxylation sites is 1. The molecule has 18 heavy (non-hydrogen) atoms. The zero-order valence-corrected chi connectivity index (χ0v) is 10.9. The van der Waals surface area contributed by atoms with Crippen LogP contribution in [0.3, 0.4) is 0 Å². The van der Waals surface area contributed by atoms with E-state index in [9.17, 15) is 9.59 Å². The minimum absolute atomic E-state index is 0.169. The average molecular weight is 268 g/mol. The van der Waals surface area contributed by atoms with Gasteiger partial charge in [0.15, 0.2) is 0 Å². The number of carbonyl (C=O) groups excluding carboxylic acids is 1. The van der Waals surface area contributed by atoms with Gasteiger partial charge >= 0.3 is 5.97 Å². The second kappa shape index (κ2) is 6.90. The predicted octanol–water partition coefficient (Wildman–Crippen LogP) is 1.54. The van der Waals surface area contributed by atoms with Gasteiger partial charge in [-0.3, -0.25) is 4.79 Å². The van der Waals surface area contributed by atoms with Gasteiger partial charge in [0.1, 0.15) is 6.04 Å². The molecule has 1 aromatic rings. The Kier molecular flexibility index (Phi) is 5.51. The Balaban J connectivity index is 2.81. The van der Waals surface area contributed by atoms with Crippen molar-refractivity contribution in [3.63, 3.8) is 0 Å². The number of thioether (sulfide) groups is 1. The van der Waals surface area contributed by atoms with Gasteiger partial charge in [-0.05, 0) is 18.6 Å². The fraction of sp³-hybridized carbons (Fsp3) is 0.333. The summed E-state index contributed by atoms with van der Waals surface area (Å²) < 4.78 is 0. The third kappa shape index (κ3) is 4.29. The first kappa shape index (κ1) is 14.4. The van der Waals surface area contributed by atoms with Crippen molar-refractivity contribution in [2.45, 2.75) is 24.3 Å². The number of nitrogens with two attached hydrogens (primary N) is 1. The Morgan fingerprint density at radius 2 is 2.11 bits per heavy atom. The van der Waals surface area contributed by atoms with Crippen LogP contribution in [0.1, 0.15) is 13.3 Å². The van der Waals surface area contributed by atoms with Crippen molar-refractivity contribution in [2.24, 2.45) is 5.73 Å². The molecule has 0 aliphatic rings. The standard InChI is InChI=1S/C12H16N2O3S/c1-2-8(12(16)17)14-9-5-3-4-6-10(9)18-7-11(13)15/h3-6,8,14H,2,7H2,1H3,(H2,13,15)(H,16,17). The van der Waals surface area contributed by atoms with Gasteiger partial charge in [-0.2, -0.15) is 0 Å². The topological polar surface area (TPSA) is 92.4 Å². The number of carboxylic acids is 1. The van der Waals surface area contributed by atoms with Crippen molar-refractivity contribution in [1.82, 2.24) is 0 Å². The summed E-state index contributed by atoms with van der Waals surface area (Å²) in [6.07, 6.45) is 0.476. The number of primary amides is 1. The van der Waals surface area contributed by atoms with Gasteiger partial charge in [-0.15, -0.1) is 11.8 Å². The quantitative estimate of drug-likeness (QED) is 0.652. The van der Waals surface area contributed by atoms with Gasteiger partial charge in [0.05, 0.1) is 5.75 Å². The summed E-state index contributed by atoms with van der Waals surface area (Å²) in [6.45, 7) is 1.80. The summed E-state index contributed by atoms with van der Waals surface area (Å²) in [7, 11) is 0. The Hall–Kier alpha value is -1.69. The Morgan fingerprint density at radius 1 is 1.44 bits per heavy atom. The van der Waals surface area contributed by atoms with E-state index in [0.717, 1.165) is 4.90 Å². The lowest BCUT2D eigenvalue weighted by molar-refractivity contribution is -0.138. The zero-order valence-electron chi connectivity index (χ0n) is 10.1. The zero-order chi connectivity index (χ0) is 13.5. The summed E-state index contributed by atoms with van der Waals surface area (Å²) in [6, 6.07) is 6.61. The van der Waals surface area contributed by atoms with Gasteiger partial charge in [0.2, 0.25) is 5.91 Å². The maximum atomic E-state index is 11.0. The van der Waals surface area contributed by atoms with Gasteiger partial charge in [-0.25, -0.2) is 4.79 Å². The Morgan fingerprint density at radius 3 is 2.67 bits per heavy atom. The van der Waals surface area contributed by atoms with Crippen LogP contribution in [0.4, 0.5) is 5.69 Å². The molecule has 98 valence electrons. The summed E-state index contributed by atoms with van der Waals surface area (Å²) >= 11 is 1.29. The van der Waals surface area contributed by atoms with E-state index < -0.39 is 17.9 Å². The van der Waals surface area contributed by atoms with Crippen molar-refractivity contribution in [2.75, 3.05) is 11.1 Å². The maximum absolute atomic E-state index is 11.0. The molecule has 6 heteroatoms. The lowest BCUT2D eigenvalue weighted by atomic mass is 10.2. The van der Waals surface area contributed by atoms with Gasteiger partial charge < -0.3 is 16.2 Å². The van der Waals surface area contributed by atoms with Crippen LogP contribution in [0.25, 0.3) is 0 Å². The van der Waals surface area contributed by atoms with Gasteiger partial charge in [0, 0.05) is 10.6 Å². The first-order valence-corrected chi connectivity index (χ1v) is 6.52. The molecular weight excluding hydrogens is 252 g/mol. The number of aliphatic carboxylic acids is 1. The van der Waals surface area contributed by atoms with Crippen LogP contribution < -0.4 is 11.1 Å². The SMILES string of the molecule is CCC(Nc1ccccc1SCC(N)=O)C(=O)O. The van der Waals surface area contributed by atoms with Gasteiger partial charge in [0.25, 0.3) is 0 Å². The lowest BCUT2D eigenvalue weighted by Crippen LogP contribution is -2.28. The molecule has 1 atom stereocenters. The van der Waals surface area contributed by atoms with E-state index >= 15 is 0 Å². The Bertz CT molecular complexity index is 437. The van der Waals surface area contributed by atoms with Crippen molar-refractivity contribution < 1.29 is 14.7 Å². The normalized spacial score (nSPS) is 11.8. The monoisotopic (exact) mass is 268 g/mol. The largest absolute Gasteiger partial charge is 0.480 e. The molecule has 1 aromatic carbocycles. The van der Waals surface area contributed by atoms with Crippen LogP contribution >= 0.6 is 11.8 Å². The van der Waals surface area contributed by atoms with E-state index in [1.54, 1.807) is 13.0 Å². The number of anilines is 1. The van der Waals surface area contributed by atoms with Crippen LogP contribution in [-0.4, -0.2) is 28.8 Å². The second-order valence-electron chi connectivity index (χ2n) is 3.69. The van der Waals surface area contributed by atoms with E-state index in [1.807, 2.05) is 18.2 Å². The second-order valence-corrected chi connectivity index (χ2v) is 4.71. The fourth-order valence-corrected chi connectivity index (χ4v) is 2.14. The first-order chi connectivity index (χ1) is 8.54. The number of carbonyl (C=O) groups is 2. The number of amides is 1. The van der Waals surface area contributed by atoms with Crippen molar-refractivity contribution >= 4 is 29.3 Å². The first-order valence-electron chi connectivity index (χ1n) is 5.54. The maximum Gasteiger partial charge on any atom is 0.326 e. The molecule has 4 N–H and O–H groups in total. The highest BCUT2D eigenvalue weighted by Crippen LogP contribution is 2.27. The van der Waals surface area contributed by atoms with Crippen molar-refractivity contribution in [3.8, 4) is 0 Å². The molecule has 1 unspecified atom stereocenters. The van der Waals surface area contributed by atoms with E-state index in [2.05, 4.69) is 5.32 Å². The minimum Gasteiger partial charge on any atom is -0.480 e. The van der Waals surface area contributed by atoms with E-state index in [0.29, 0.717) is 12.1 Å². The third-order valence-electron chi connectivity index (χ3n) is 2.29. The predicted molar refractivity (Wildman–Crippen MR) is 71.7 cm³/mol. The van der Waals surface area contributed by atoms with Crippen LogP contribution in [0.15, 0.2) is 29.2 Å². The molecule has 0 aliphatic carbocycles. The number of hydrogen-bond donors (Lipinski definition) is 3. The molecule has 0 radical (unpaired) electrons. The fourth-order valence-electron chi connectivity index (χ4n) is 1.39. The third-order valence-corrected chi connectivity index (χ3v) is 3.39.